The number of benzene rings is 1. The van der Waals surface area contributed by atoms with Crippen LogP contribution in [0.5, 0.6) is 0 Å². The zero-order chi connectivity index (χ0) is 21.4. The van der Waals surface area contributed by atoms with E-state index in [9.17, 15) is 21.6 Å². The summed E-state index contributed by atoms with van der Waals surface area (Å²) in [6, 6.07) is 8.51. The summed E-state index contributed by atoms with van der Waals surface area (Å²) in [5.41, 5.74) is 0.886. The summed E-state index contributed by atoms with van der Waals surface area (Å²) in [5.74, 6) is -3.53. The number of hydrogen-bond donors (Lipinski definition) is 2. The van der Waals surface area contributed by atoms with Gasteiger partial charge in [-0.25, -0.2) is 21.6 Å². The molecule has 10 heteroatoms. The Bertz CT molecular complexity index is 1090. The highest BCUT2D eigenvalue weighted by Crippen LogP contribution is 2.42. The molecule has 3 rings (SSSR count). The fourth-order valence-corrected chi connectivity index (χ4v) is 8.12. The van der Waals surface area contributed by atoms with Gasteiger partial charge in [0.2, 0.25) is 0 Å². The van der Waals surface area contributed by atoms with Gasteiger partial charge in [0.1, 0.15) is 0 Å². The number of aliphatic hydroxyl groups excluding tert-OH is 1. The van der Waals surface area contributed by atoms with Crippen molar-refractivity contribution in [3.8, 4) is 0 Å². The Hall–Kier alpha value is -2.17. The van der Waals surface area contributed by atoms with Gasteiger partial charge in [-0.1, -0.05) is 37.3 Å². The topological polar surface area (TPSA) is 127 Å². The Morgan fingerprint density at radius 2 is 1.83 bits per heavy atom. The number of aliphatic hydroxyl groups is 1. The van der Waals surface area contributed by atoms with Crippen LogP contribution in [0.15, 0.2) is 52.2 Å². The standard InChI is InChI=1S/C19H23NO7S2/c1-12-8-28(23,24)10-15-18(29(25,26)9-12)17(14-6-4-3-5-7-14)16(13(2)20-15)19(22)27-11-21/h3-7,12,17,20-21H,8-11H2,1-2H3. The number of esters is 1. The second-order valence-electron chi connectivity index (χ2n) is 7.35. The van der Waals surface area contributed by atoms with Gasteiger partial charge in [0.15, 0.2) is 26.5 Å². The quantitative estimate of drug-likeness (QED) is 0.522. The van der Waals surface area contributed by atoms with E-state index in [0.717, 1.165) is 0 Å². The van der Waals surface area contributed by atoms with Crippen molar-refractivity contribution in [3.63, 3.8) is 0 Å². The smallest absolute Gasteiger partial charge is 0.338 e. The fourth-order valence-electron chi connectivity index (χ4n) is 3.95. The van der Waals surface area contributed by atoms with Crippen LogP contribution in [0.3, 0.4) is 0 Å². The average molecular weight is 442 g/mol. The first-order valence-corrected chi connectivity index (χ1v) is 12.5. The monoisotopic (exact) mass is 441 g/mol. The Labute approximate surface area is 170 Å². The van der Waals surface area contributed by atoms with Gasteiger partial charge in [-0.15, -0.1) is 0 Å². The van der Waals surface area contributed by atoms with E-state index in [1.54, 1.807) is 44.2 Å². The number of nitrogens with one attached hydrogen (secondary N) is 1. The first kappa shape index (κ1) is 21.5. The third-order valence-corrected chi connectivity index (χ3v) is 8.85. The lowest BCUT2D eigenvalue weighted by Crippen LogP contribution is -2.39. The van der Waals surface area contributed by atoms with Crippen molar-refractivity contribution in [2.45, 2.75) is 19.8 Å². The highest BCUT2D eigenvalue weighted by atomic mass is 32.2. The number of sulfone groups is 2. The van der Waals surface area contributed by atoms with Gasteiger partial charge in [-0.3, -0.25) is 0 Å². The average Bonchev–Trinajstić information content (AvgIpc) is 2.59. The number of carbonyl (C=O) groups excluding carboxylic acids is 1. The Morgan fingerprint density at radius 3 is 2.45 bits per heavy atom. The molecule has 0 bridgehead atoms. The summed E-state index contributed by atoms with van der Waals surface area (Å²) in [6.45, 7) is 2.27. The second-order valence-corrected chi connectivity index (χ2v) is 11.5. The summed E-state index contributed by atoms with van der Waals surface area (Å²) in [6.07, 6.45) is 0. The molecule has 0 spiro atoms. The van der Waals surface area contributed by atoms with E-state index in [4.69, 9.17) is 9.84 Å². The first-order valence-electron chi connectivity index (χ1n) is 9.02. The molecular formula is C19H23NO7S2. The number of carbonyl (C=O) groups is 1. The molecule has 2 N–H and O–H groups in total. The van der Waals surface area contributed by atoms with Crippen LogP contribution in [0.2, 0.25) is 0 Å². The largest absolute Gasteiger partial charge is 0.435 e. The van der Waals surface area contributed by atoms with Gasteiger partial charge < -0.3 is 15.2 Å². The number of ether oxygens (including phenoxy) is 1. The minimum Gasteiger partial charge on any atom is -0.435 e. The summed E-state index contributed by atoms with van der Waals surface area (Å²) in [7, 11) is -7.45. The van der Waals surface area contributed by atoms with Gasteiger partial charge in [0.05, 0.1) is 33.7 Å². The van der Waals surface area contributed by atoms with E-state index in [1.807, 2.05) is 0 Å². The highest BCUT2D eigenvalue weighted by molar-refractivity contribution is 7.96. The summed E-state index contributed by atoms with van der Waals surface area (Å²) in [5, 5.41) is 11.9. The number of hydrogen-bond acceptors (Lipinski definition) is 8. The molecule has 0 radical (unpaired) electrons. The lowest BCUT2D eigenvalue weighted by Gasteiger charge is -2.34. The molecule has 0 fully saturated rings. The molecule has 2 aliphatic rings. The van der Waals surface area contributed by atoms with Crippen molar-refractivity contribution < 1.29 is 31.5 Å². The SMILES string of the molecule is CC1=C(C(=O)OCO)C(c2ccccc2)C2=C(CS(=O)(=O)CC(C)CS2(=O)=O)N1. The van der Waals surface area contributed by atoms with Crippen LogP contribution in [-0.2, 0) is 29.2 Å². The maximum absolute atomic E-state index is 13.3. The van der Waals surface area contributed by atoms with Crippen LogP contribution >= 0.6 is 0 Å². The van der Waals surface area contributed by atoms with E-state index in [-0.39, 0.29) is 33.4 Å². The summed E-state index contributed by atoms with van der Waals surface area (Å²) in [4.78, 5) is 12.5. The van der Waals surface area contributed by atoms with E-state index in [2.05, 4.69) is 5.32 Å². The van der Waals surface area contributed by atoms with Gasteiger partial charge in [-0.05, 0) is 18.4 Å². The van der Waals surface area contributed by atoms with Gasteiger partial charge >= 0.3 is 5.97 Å². The Morgan fingerprint density at radius 1 is 1.17 bits per heavy atom. The molecule has 2 unspecified atom stereocenters. The number of rotatable bonds is 3. The maximum Gasteiger partial charge on any atom is 0.338 e. The lowest BCUT2D eigenvalue weighted by molar-refractivity contribution is -0.147. The first-order chi connectivity index (χ1) is 13.6. The van der Waals surface area contributed by atoms with E-state index >= 15 is 0 Å². The minimum atomic E-state index is -3.90. The van der Waals surface area contributed by atoms with E-state index in [1.165, 1.54) is 0 Å². The molecule has 1 aromatic carbocycles. The van der Waals surface area contributed by atoms with Crippen LogP contribution in [0, 0.1) is 5.92 Å². The molecule has 0 aromatic heterocycles. The van der Waals surface area contributed by atoms with Crippen LogP contribution in [0.4, 0.5) is 0 Å². The molecule has 158 valence electrons. The van der Waals surface area contributed by atoms with Crippen LogP contribution in [0.25, 0.3) is 0 Å². The highest BCUT2D eigenvalue weighted by Gasteiger charge is 2.43. The summed E-state index contributed by atoms with van der Waals surface area (Å²) >= 11 is 0. The van der Waals surface area contributed by atoms with Crippen molar-refractivity contribution in [1.82, 2.24) is 5.32 Å². The van der Waals surface area contributed by atoms with Crippen molar-refractivity contribution in [2.24, 2.45) is 5.92 Å². The van der Waals surface area contributed by atoms with Crippen molar-refractivity contribution in [2.75, 3.05) is 24.1 Å². The number of allylic oxidation sites excluding steroid dienone is 2. The van der Waals surface area contributed by atoms with E-state index < -0.39 is 50.0 Å². The molecule has 2 atom stereocenters. The molecule has 2 heterocycles. The fraction of sp³-hybridized carbons (Fsp3) is 0.421. The predicted octanol–water partition coefficient (Wildman–Crippen LogP) is 0.831. The molecule has 8 nitrogen and oxygen atoms in total. The molecule has 0 saturated carbocycles. The van der Waals surface area contributed by atoms with Crippen LogP contribution < -0.4 is 5.32 Å². The van der Waals surface area contributed by atoms with Crippen molar-refractivity contribution in [1.29, 1.82) is 0 Å². The van der Waals surface area contributed by atoms with Crippen LogP contribution in [-0.4, -0.2) is 52.0 Å². The third-order valence-electron chi connectivity index (χ3n) is 4.88. The minimum absolute atomic E-state index is 0.0261. The lowest BCUT2D eigenvalue weighted by atomic mass is 9.86. The zero-order valence-corrected chi connectivity index (χ0v) is 17.7. The third kappa shape index (κ3) is 4.39. The number of dihydropyridines is 1. The Balaban J connectivity index is 2.30. The molecule has 0 saturated heterocycles. The van der Waals surface area contributed by atoms with Crippen molar-refractivity contribution in [3.05, 3.63) is 57.8 Å². The van der Waals surface area contributed by atoms with Gasteiger partial charge in [-0.2, -0.15) is 0 Å². The molecular weight excluding hydrogens is 418 g/mol. The zero-order valence-electron chi connectivity index (χ0n) is 16.1. The molecule has 1 aromatic rings. The van der Waals surface area contributed by atoms with E-state index in [0.29, 0.717) is 5.56 Å². The van der Waals surface area contributed by atoms with Crippen LogP contribution in [0.1, 0.15) is 25.3 Å². The maximum atomic E-state index is 13.3. The molecule has 2 aliphatic heterocycles. The van der Waals surface area contributed by atoms with Crippen molar-refractivity contribution >= 4 is 25.6 Å². The molecule has 0 aliphatic carbocycles. The molecule has 0 amide bonds. The normalized spacial score (nSPS) is 26.0. The second kappa shape index (κ2) is 7.92. The van der Waals surface area contributed by atoms with Gasteiger partial charge in [0, 0.05) is 11.4 Å². The molecule has 29 heavy (non-hydrogen) atoms. The Kier molecular flexibility index (Phi) is 5.88. The predicted molar refractivity (Wildman–Crippen MR) is 107 cm³/mol. The van der Waals surface area contributed by atoms with Gasteiger partial charge in [0.25, 0.3) is 0 Å². The summed E-state index contributed by atoms with van der Waals surface area (Å²) < 4.78 is 56.5.